The first kappa shape index (κ1) is 13.8. The summed E-state index contributed by atoms with van der Waals surface area (Å²) >= 11 is 0. The number of hydrogen-bond acceptors (Lipinski definition) is 3. The third-order valence-corrected chi connectivity index (χ3v) is 2.44. The average molecular weight is 238 g/mol. The van der Waals surface area contributed by atoms with Crippen molar-refractivity contribution in [3.63, 3.8) is 0 Å². The predicted molar refractivity (Wildman–Crippen MR) is 68.8 cm³/mol. The Morgan fingerprint density at radius 1 is 1.18 bits per heavy atom. The minimum Gasteiger partial charge on any atom is -0.493 e. The van der Waals surface area contributed by atoms with Crippen LogP contribution in [0.25, 0.3) is 0 Å². The van der Waals surface area contributed by atoms with E-state index >= 15 is 0 Å². The first-order valence-electron chi connectivity index (χ1n) is 6.04. The van der Waals surface area contributed by atoms with E-state index in [0.717, 1.165) is 29.9 Å². The molecule has 0 saturated carbocycles. The van der Waals surface area contributed by atoms with E-state index in [0.29, 0.717) is 0 Å². The van der Waals surface area contributed by atoms with Crippen molar-refractivity contribution in [1.29, 1.82) is 0 Å². The summed E-state index contributed by atoms with van der Waals surface area (Å²) in [6.07, 6.45) is 1.45. The van der Waals surface area contributed by atoms with E-state index < -0.39 is 0 Å². The van der Waals surface area contributed by atoms with Gasteiger partial charge in [-0.15, -0.1) is 0 Å². The van der Waals surface area contributed by atoms with Gasteiger partial charge in [-0.1, -0.05) is 6.07 Å². The minimum absolute atomic E-state index is 0.121. The van der Waals surface area contributed by atoms with E-state index in [1.54, 1.807) is 14.0 Å². The lowest BCUT2D eigenvalue weighted by Crippen LogP contribution is -2.07. The Morgan fingerprint density at radius 3 is 2.41 bits per heavy atom. The van der Waals surface area contributed by atoms with Gasteiger partial charge in [0, 0.05) is 0 Å². The summed E-state index contributed by atoms with van der Waals surface area (Å²) in [5.41, 5.74) is 1.15. The van der Waals surface area contributed by atoms with Crippen LogP contribution in [-0.4, -0.2) is 24.4 Å². The Hall–Kier alpha value is -1.22. The first-order chi connectivity index (χ1) is 8.02. The Bertz CT molecular complexity index is 345. The van der Waals surface area contributed by atoms with Gasteiger partial charge in [-0.05, 0) is 51.3 Å². The van der Waals surface area contributed by atoms with Gasteiger partial charge >= 0.3 is 0 Å². The molecular formula is C14H22O3. The van der Waals surface area contributed by atoms with Crippen LogP contribution in [0.15, 0.2) is 18.2 Å². The lowest BCUT2D eigenvalue weighted by atomic mass is 10.1. The molecule has 0 saturated heterocycles. The van der Waals surface area contributed by atoms with Crippen molar-refractivity contribution in [2.75, 3.05) is 7.11 Å². The molecule has 0 radical (unpaired) electrons. The number of rotatable bonds is 6. The molecule has 0 heterocycles. The van der Waals surface area contributed by atoms with Gasteiger partial charge < -0.3 is 14.6 Å². The molecule has 1 rings (SSSR count). The van der Waals surface area contributed by atoms with Gasteiger partial charge in [-0.25, -0.2) is 0 Å². The maximum atomic E-state index is 9.27. The fourth-order valence-corrected chi connectivity index (χ4v) is 1.60. The van der Waals surface area contributed by atoms with Gasteiger partial charge in [0.2, 0.25) is 0 Å². The van der Waals surface area contributed by atoms with Crippen molar-refractivity contribution in [1.82, 2.24) is 0 Å². The van der Waals surface area contributed by atoms with Crippen LogP contribution < -0.4 is 9.47 Å². The SMILES string of the molecule is COc1ccc(CCC(C)O)cc1OC(C)C. The smallest absolute Gasteiger partial charge is 0.161 e. The predicted octanol–water partition coefficient (Wildman–Crippen LogP) is 2.80. The molecule has 1 unspecified atom stereocenters. The molecule has 1 aromatic carbocycles. The minimum atomic E-state index is -0.272. The maximum Gasteiger partial charge on any atom is 0.161 e. The molecular weight excluding hydrogens is 216 g/mol. The highest BCUT2D eigenvalue weighted by Crippen LogP contribution is 2.29. The maximum absolute atomic E-state index is 9.27. The highest BCUT2D eigenvalue weighted by molar-refractivity contribution is 5.43. The van der Waals surface area contributed by atoms with E-state index in [9.17, 15) is 5.11 Å². The zero-order valence-corrected chi connectivity index (χ0v) is 11.1. The zero-order valence-electron chi connectivity index (χ0n) is 11.1. The zero-order chi connectivity index (χ0) is 12.8. The number of aryl methyl sites for hydroxylation is 1. The van der Waals surface area contributed by atoms with Gasteiger partial charge in [0.05, 0.1) is 19.3 Å². The summed E-state index contributed by atoms with van der Waals surface area (Å²) in [6.45, 7) is 5.78. The summed E-state index contributed by atoms with van der Waals surface area (Å²) in [5.74, 6) is 1.52. The standard InChI is InChI=1S/C14H22O3/c1-10(2)17-14-9-12(6-5-11(3)15)7-8-13(14)16-4/h7-11,15H,5-6H2,1-4H3. The van der Waals surface area contributed by atoms with Crippen LogP contribution >= 0.6 is 0 Å². The Kier molecular flexibility index (Phi) is 5.29. The summed E-state index contributed by atoms with van der Waals surface area (Å²) < 4.78 is 10.9. The number of hydrogen-bond donors (Lipinski definition) is 1. The average Bonchev–Trinajstić information content (AvgIpc) is 2.25. The molecule has 0 spiro atoms. The molecule has 17 heavy (non-hydrogen) atoms. The van der Waals surface area contributed by atoms with Crippen LogP contribution in [0.3, 0.4) is 0 Å². The molecule has 1 aromatic rings. The second kappa shape index (κ2) is 6.50. The third kappa shape index (κ3) is 4.65. The summed E-state index contributed by atoms with van der Waals surface area (Å²) in [5, 5.41) is 9.27. The largest absolute Gasteiger partial charge is 0.493 e. The van der Waals surface area contributed by atoms with E-state index in [2.05, 4.69) is 0 Å². The Labute approximate surface area is 103 Å². The van der Waals surface area contributed by atoms with Crippen molar-refractivity contribution in [2.24, 2.45) is 0 Å². The van der Waals surface area contributed by atoms with Gasteiger partial charge in [-0.2, -0.15) is 0 Å². The normalized spacial score (nSPS) is 12.6. The first-order valence-corrected chi connectivity index (χ1v) is 6.04. The van der Waals surface area contributed by atoms with Crippen LogP contribution in [0, 0.1) is 0 Å². The number of benzene rings is 1. The highest BCUT2D eigenvalue weighted by Gasteiger charge is 2.08. The third-order valence-electron chi connectivity index (χ3n) is 2.44. The number of aliphatic hydroxyl groups excluding tert-OH is 1. The van der Waals surface area contributed by atoms with Crippen molar-refractivity contribution >= 4 is 0 Å². The molecule has 3 heteroatoms. The van der Waals surface area contributed by atoms with Crippen LogP contribution in [0.2, 0.25) is 0 Å². The number of methoxy groups -OCH3 is 1. The molecule has 0 aromatic heterocycles. The summed E-state index contributed by atoms with van der Waals surface area (Å²) in [7, 11) is 1.64. The van der Waals surface area contributed by atoms with Crippen LogP contribution in [-0.2, 0) is 6.42 Å². The second-order valence-corrected chi connectivity index (χ2v) is 4.54. The topological polar surface area (TPSA) is 38.7 Å². The molecule has 0 fully saturated rings. The number of aliphatic hydroxyl groups is 1. The monoisotopic (exact) mass is 238 g/mol. The lowest BCUT2D eigenvalue weighted by molar-refractivity contribution is 0.184. The van der Waals surface area contributed by atoms with Crippen molar-refractivity contribution in [2.45, 2.75) is 45.8 Å². The van der Waals surface area contributed by atoms with E-state index in [-0.39, 0.29) is 12.2 Å². The van der Waals surface area contributed by atoms with Gasteiger partial charge in [-0.3, -0.25) is 0 Å². The highest BCUT2D eigenvalue weighted by atomic mass is 16.5. The van der Waals surface area contributed by atoms with Crippen molar-refractivity contribution in [3.8, 4) is 11.5 Å². The summed E-state index contributed by atoms with van der Waals surface area (Å²) in [6, 6.07) is 5.91. The molecule has 0 aliphatic carbocycles. The van der Waals surface area contributed by atoms with Gasteiger partial charge in [0.15, 0.2) is 11.5 Å². The van der Waals surface area contributed by atoms with Crippen LogP contribution in [0.5, 0.6) is 11.5 Å². The van der Waals surface area contributed by atoms with Crippen molar-refractivity contribution < 1.29 is 14.6 Å². The second-order valence-electron chi connectivity index (χ2n) is 4.54. The van der Waals surface area contributed by atoms with Crippen molar-refractivity contribution in [3.05, 3.63) is 23.8 Å². The number of ether oxygens (including phenoxy) is 2. The molecule has 0 aliphatic heterocycles. The lowest BCUT2D eigenvalue weighted by Gasteiger charge is -2.15. The molecule has 1 atom stereocenters. The van der Waals surface area contributed by atoms with Gasteiger partial charge in [0.25, 0.3) is 0 Å². The van der Waals surface area contributed by atoms with Gasteiger partial charge in [0.1, 0.15) is 0 Å². The van der Waals surface area contributed by atoms with Crippen LogP contribution in [0.4, 0.5) is 0 Å². The fraction of sp³-hybridized carbons (Fsp3) is 0.571. The Morgan fingerprint density at radius 2 is 1.88 bits per heavy atom. The van der Waals surface area contributed by atoms with E-state index in [4.69, 9.17) is 9.47 Å². The fourth-order valence-electron chi connectivity index (χ4n) is 1.60. The van der Waals surface area contributed by atoms with E-state index in [1.807, 2.05) is 32.0 Å². The molecule has 1 N–H and O–H groups in total. The molecule has 0 amide bonds. The molecule has 0 aliphatic rings. The molecule has 0 bridgehead atoms. The Balaban J connectivity index is 2.80. The molecule has 3 nitrogen and oxygen atoms in total. The summed E-state index contributed by atoms with van der Waals surface area (Å²) in [4.78, 5) is 0. The quantitative estimate of drug-likeness (QED) is 0.828. The van der Waals surface area contributed by atoms with E-state index in [1.165, 1.54) is 0 Å². The van der Waals surface area contributed by atoms with Crippen LogP contribution in [0.1, 0.15) is 32.8 Å². The molecule has 96 valence electrons.